The number of sulfone groups is 2. The van der Waals surface area contributed by atoms with Crippen molar-refractivity contribution in [2.45, 2.75) is 36.3 Å². The van der Waals surface area contributed by atoms with Crippen LogP contribution in [0, 0.1) is 34.0 Å². The lowest BCUT2D eigenvalue weighted by Crippen LogP contribution is -2.08. The van der Waals surface area contributed by atoms with Gasteiger partial charge in [-0.3, -0.25) is 4.79 Å². The van der Waals surface area contributed by atoms with E-state index in [-0.39, 0.29) is 49.3 Å². The maximum absolute atomic E-state index is 13.4. The van der Waals surface area contributed by atoms with E-state index in [0.29, 0.717) is 0 Å². The average Bonchev–Trinajstić information content (AvgIpc) is 3.65. The number of rotatable bonds is 6. The van der Waals surface area contributed by atoms with Crippen LogP contribution in [0.5, 0.6) is 11.5 Å². The Labute approximate surface area is 273 Å². The Bertz CT molecular complexity index is 2080. The van der Waals surface area contributed by atoms with Gasteiger partial charge in [-0.15, -0.1) is 0 Å². The van der Waals surface area contributed by atoms with Crippen LogP contribution in [0.4, 0.5) is 0 Å². The van der Waals surface area contributed by atoms with Crippen molar-refractivity contribution in [2.24, 2.45) is 0 Å². The van der Waals surface area contributed by atoms with Gasteiger partial charge in [-0.25, -0.2) is 21.6 Å². The maximum Gasteiger partial charge on any atom is 0.416 e. The lowest BCUT2D eigenvalue weighted by atomic mass is 10.3. The van der Waals surface area contributed by atoms with Gasteiger partial charge in [0, 0.05) is 6.92 Å². The van der Waals surface area contributed by atoms with Crippen LogP contribution < -0.4 is 9.47 Å². The lowest BCUT2D eigenvalue weighted by Gasteiger charge is -2.14. The van der Waals surface area contributed by atoms with Gasteiger partial charge in [0.25, 0.3) is 0 Å². The van der Waals surface area contributed by atoms with Crippen molar-refractivity contribution < 1.29 is 35.9 Å². The summed E-state index contributed by atoms with van der Waals surface area (Å²) in [6.45, 7) is 1.11. The van der Waals surface area contributed by atoms with Gasteiger partial charge in [-0.2, -0.15) is 15.8 Å². The molecule has 0 atom stereocenters. The zero-order chi connectivity index (χ0) is 32.5. The van der Waals surface area contributed by atoms with E-state index in [1.807, 2.05) is 0 Å². The largest absolute Gasteiger partial charge is 0.424 e. The minimum atomic E-state index is -4.32. The molecule has 2 aliphatic heterocycles. The summed E-state index contributed by atoms with van der Waals surface area (Å²) in [5.74, 6) is -2.53. The fourth-order valence-electron chi connectivity index (χ4n) is 3.90. The first kappa shape index (κ1) is 32.2. The number of allylic oxidation sites excluding steroid dienone is 2. The predicted octanol–water partition coefficient (Wildman–Crippen LogP) is 5.77. The number of ether oxygens (including phenoxy) is 2. The van der Waals surface area contributed by atoms with Crippen LogP contribution in [0.3, 0.4) is 0 Å². The number of hydrogen-bond acceptors (Lipinski definition) is 15. The van der Waals surface area contributed by atoms with E-state index in [1.165, 1.54) is 54.6 Å². The van der Waals surface area contributed by atoms with E-state index in [2.05, 4.69) is 0 Å². The highest BCUT2D eigenvalue weighted by Gasteiger charge is 2.42. The molecule has 3 aromatic rings. The van der Waals surface area contributed by atoms with Crippen molar-refractivity contribution in [3.05, 3.63) is 78.9 Å². The van der Waals surface area contributed by atoms with Gasteiger partial charge in [0.2, 0.25) is 19.7 Å². The molecule has 224 valence electrons. The fourth-order valence-corrected chi connectivity index (χ4v) is 12.8. The summed E-state index contributed by atoms with van der Waals surface area (Å²) in [7, 11) is -8.64. The highest BCUT2D eigenvalue weighted by atomic mass is 32.2. The van der Waals surface area contributed by atoms with Crippen LogP contribution in [0.2, 0.25) is 0 Å². The minimum absolute atomic E-state index is 0.0437. The van der Waals surface area contributed by atoms with Crippen molar-refractivity contribution in [1.82, 2.24) is 0 Å². The van der Waals surface area contributed by atoms with Crippen molar-refractivity contribution in [2.75, 3.05) is 0 Å². The van der Waals surface area contributed by atoms with Crippen LogP contribution >= 0.6 is 47.0 Å². The Morgan fingerprint density at radius 2 is 0.956 bits per heavy atom. The summed E-state index contributed by atoms with van der Waals surface area (Å²) in [4.78, 5) is 23.2. The Kier molecular flexibility index (Phi) is 9.09. The van der Waals surface area contributed by atoms with Crippen molar-refractivity contribution >= 4 is 78.7 Å². The third-order valence-electron chi connectivity index (χ3n) is 5.77. The van der Waals surface area contributed by atoms with Gasteiger partial charge in [0.05, 0.1) is 37.8 Å². The van der Waals surface area contributed by atoms with E-state index in [0.717, 1.165) is 54.0 Å². The number of carbonyl (C=O) groups is 2. The number of thioether (sulfide) groups is 4. The Hall–Kier alpha value is -4.15. The molecule has 2 aliphatic rings. The highest BCUT2D eigenvalue weighted by Crippen LogP contribution is 2.68. The number of hydrogen-bond donors (Lipinski definition) is 0. The second-order valence-electron chi connectivity index (χ2n) is 8.57. The van der Waals surface area contributed by atoms with E-state index in [1.54, 1.807) is 24.3 Å². The molecule has 0 spiro atoms. The van der Waals surface area contributed by atoms with Gasteiger partial charge in [0.15, 0.2) is 27.4 Å². The number of fused-ring (bicyclic) bond motifs is 2. The van der Waals surface area contributed by atoms with Crippen LogP contribution in [0.15, 0.2) is 108 Å². The first-order valence-corrected chi connectivity index (χ1v) is 18.3. The molecule has 0 amide bonds. The summed E-state index contributed by atoms with van der Waals surface area (Å²) >= 11 is 2.99. The van der Waals surface area contributed by atoms with Crippen molar-refractivity contribution in [3.8, 4) is 29.7 Å². The van der Waals surface area contributed by atoms with Crippen LogP contribution in [-0.2, 0) is 29.3 Å². The summed E-state index contributed by atoms with van der Waals surface area (Å²) in [5.41, 5.74) is 0. The molecule has 0 unspecified atom stereocenters. The molecule has 0 radical (unpaired) electrons. The summed E-state index contributed by atoms with van der Waals surface area (Å²) in [6.07, 6.45) is 0. The maximum atomic E-state index is 13.4. The molecule has 0 saturated heterocycles. The zero-order valence-electron chi connectivity index (χ0n) is 22.3. The van der Waals surface area contributed by atoms with E-state index >= 15 is 0 Å². The Morgan fingerprint density at radius 1 is 0.600 bits per heavy atom. The normalized spacial score (nSPS) is 15.9. The monoisotopic (exact) mass is 711 g/mol. The van der Waals surface area contributed by atoms with E-state index in [4.69, 9.17) is 9.47 Å². The molecule has 5 rings (SSSR count). The lowest BCUT2D eigenvalue weighted by molar-refractivity contribution is -0.132. The van der Waals surface area contributed by atoms with Crippen LogP contribution in [0.25, 0.3) is 0 Å². The molecule has 11 nitrogen and oxygen atoms in total. The second-order valence-corrected chi connectivity index (χ2v) is 16.9. The number of benzene rings is 3. The minimum Gasteiger partial charge on any atom is -0.424 e. The third kappa shape index (κ3) is 5.96. The van der Waals surface area contributed by atoms with Gasteiger partial charge in [-0.05, 0) is 24.3 Å². The third-order valence-corrected chi connectivity index (χ3v) is 14.9. The molecular weight excluding hydrogens is 699 g/mol. The number of carbonyl (C=O) groups excluding carboxylic acids is 2. The Balaban J connectivity index is 1.74. The molecular formula is C28H13N3O8S6. The number of nitriles is 3. The zero-order valence-corrected chi connectivity index (χ0v) is 27.2. The van der Waals surface area contributed by atoms with Crippen molar-refractivity contribution in [3.63, 3.8) is 0 Å². The standard InChI is InChI=1S/C28H13N3O8S6/c1-15(32)38-21-23-25(42-27(40-23)18(12-29)44(34,35)16-8-4-2-5-9-16)22(39-20(33)14-31)26-24(21)41-28(43-26)19(13-30)45(36,37)17-10-6-3-7-11-17/h2-11H,1H3/b27-18+,28-19+. The molecule has 0 saturated carbocycles. The predicted molar refractivity (Wildman–Crippen MR) is 165 cm³/mol. The number of esters is 2. The van der Waals surface area contributed by atoms with Gasteiger partial charge in [-0.1, -0.05) is 83.4 Å². The van der Waals surface area contributed by atoms with Crippen LogP contribution in [-0.4, -0.2) is 28.8 Å². The molecule has 0 aromatic heterocycles. The summed E-state index contributed by atoms with van der Waals surface area (Å²) in [6, 6.07) is 19.3. The molecule has 0 aliphatic carbocycles. The summed E-state index contributed by atoms with van der Waals surface area (Å²) < 4.78 is 64.4. The molecule has 45 heavy (non-hydrogen) atoms. The van der Waals surface area contributed by atoms with Crippen LogP contribution in [0.1, 0.15) is 6.92 Å². The summed E-state index contributed by atoms with van der Waals surface area (Å²) in [5, 5.41) is 29.1. The second kappa shape index (κ2) is 12.7. The first-order valence-electron chi connectivity index (χ1n) is 12.1. The molecule has 0 fully saturated rings. The van der Waals surface area contributed by atoms with Gasteiger partial charge >= 0.3 is 11.9 Å². The Morgan fingerprint density at radius 3 is 1.27 bits per heavy atom. The van der Waals surface area contributed by atoms with E-state index in [9.17, 15) is 42.2 Å². The quantitative estimate of drug-likeness (QED) is 0.129. The molecule has 3 aromatic carbocycles. The van der Waals surface area contributed by atoms with Gasteiger partial charge in [0.1, 0.15) is 12.1 Å². The fraction of sp³-hybridized carbons (Fsp3) is 0.0357. The van der Waals surface area contributed by atoms with Gasteiger partial charge < -0.3 is 9.47 Å². The smallest absolute Gasteiger partial charge is 0.416 e. The number of nitrogens with zero attached hydrogens (tertiary/aromatic N) is 3. The van der Waals surface area contributed by atoms with Crippen molar-refractivity contribution in [1.29, 1.82) is 15.8 Å². The highest BCUT2D eigenvalue weighted by molar-refractivity contribution is 8.26. The average molecular weight is 712 g/mol. The molecule has 0 N–H and O–H groups in total. The topological polar surface area (TPSA) is 192 Å². The first-order chi connectivity index (χ1) is 21.4. The molecule has 17 heteroatoms. The van der Waals surface area contributed by atoms with E-state index < -0.39 is 41.4 Å². The molecule has 0 bridgehead atoms. The SMILES string of the molecule is CC(=O)Oc1c2c(c(OC(=O)C#N)c3c1S/C(=C(/C#N)S(=O)(=O)c1ccccc1)S3)S/C(=C(\C#N)S(=O)(=O)c1ccccc1)S2. The molecule has 2 heterocycles.